The lowest BCUT2D eigenvalue weighted by molar-refractivity contribution is 0.424. The van der Waals surface area contributed by atoms with E-state index in [9.17, 15) is 4.39 Å². The Balaban J connectivity index is 2.94. The van der Waals surface area contributed by atoms with E-state index >= 15 is 0 Å². The summed E-state index contributed by atoms with van der Waals surface area (Å²) in [5.41, 5.74) is 0.669. The van der Waals surface area contributed by atoms with Crippen LogP contribution in [0.1, 0.15) is 38.8 Å². The molecule has 0 amide bonds. The summed E-state index contributed by atoms with van der Waals surface area (Å²) in [6.07, 6.45) is 0.908. The highest BCUT2D eigenvalue weighted by Gasteiger charge is 2.16. The summed E-state index contributed by atoms with van der Waals surface area (Å²) in [7, 11) is 0. The summed E-state index contributed by atoms with van der Waals surface area (Å²) in [4.78, 5) is 0. The molecule has 0 heterocycles. The normalized spacial score (nSPS) is 13.1. The molecule has 1 aromatic rings. The maximum Gasteiger partial charge on any atom is 0.128 e. The van der Waals surface area contributed by atoms with Crippen molar-refractivity contribution in [2.24, 2.45) is 5.92 Å². The smallest absolute Gasteiger partial charge is 0.128 e. The first-order valence-electron chi connectivity index (χ1n) is 5.73. The molecule has 0 aromatic heterocycles. The first-order chi connectivity index (χ1) is 7.54. The van der Waals surface area contributed by atoms with Crippen LogP contribution in [-0.4, -0.2) is 6.54 Å². The third kappa shape index (κ3) is 3.76. The summed E-state index contributed by atoms with van der Waals surface area (Å²) in [5.74, 6) is 0.332. The number of benzene rings is 1. The Bertz CT molecular complexity index is 339. The minimum absolute atomic E-state index is 0.0451. The van der Waals surface area contributed by atoms with Gasteiger partial charge in [0.25, 0.3) is 0 Å². The van der Waals surface area contributed by atoms with Gasteiger partial charge in [-0.1, -0.05) is 32.4 Å². The summed E-state index contributed by atoms with van der Waals surface area (Å²) < 4.78 is 13.7. The van der Waals surface area contributed by atoms with E-state index in [2.05, 4.69) is 19.2 Å². The maximum atomic E-state index is 13.7. The average molecular weight is 244 g/mol. The van der Waals surface area contributed by atoms with Crippen LogP contribution in [-0.2, 0) is 0 Å². The first-order valence-corrected chi connectivity index (χ1v) is 6.10. The molecule has 0 radical (unpaired) electrons. The molecule has 0 saturated carbocycles. The van der Waals surface area contributed by atoms with Crippen molar-refractivity contribution in [1.82, 2.24) is 5.32 Å². The molecule has 1 N–H and O–H groups in total. The number of halogens is 2. The Morgan fingerprint density at radius 3 is 2.62 bits per heavy atom. The second-order valence-electron chi connectivity index (χ2n) is 4.41. The van der Waals surface area contributed by atoms with E-state index < -0.39 is 0 Å². The molecule has 16 heavy (non-hydrogen) atoms. The molecule has 3 heteroatoms. The SMILES string of the molecule is CCNC(CC(C)C)c1cc(Cl)ccc1F. The third-order valence-electron chi connectivity index (χ3n) is 2.49. The Kier molecular flexibility index (Phi) is 5.23. The van der Waals surface area contributed by atoms with Crippen LogP contribution in [0, 0.1) is 11.7 Å². The van der Waals surface area contributed by atoms with Crippen LogP contribution in [0.4, 0.5) is 4.39 Å². The summed E-state index contributed by atoms with van der Waals surface area (Å²) in [5, 5.41) is 3.89. The fourth-order valence-corrected chi connectivity index (χ4v) is 2.00. The number of rotatable bonds is 5. The van der Waals surface area contributed by atoms with Gasteiger partial charge in [0.15, 0.2) is 0 Å². The quantitative estimate of drug-likeness (QED) is 0.818. The van der Waals surface area contributed by atoms with E-state index in [0.717, 1.165) is 13.0 Å². The highest BCUT2D eigenvalue weighted by atomic mass is 35.5. The second kappa shape index (κ2) is 6.21. The third-order valence-corrected chi connectivity index (χ3v) is 2.73. The van der Waals surface area contributed by atoms with E-state index in [-0.39, 0.29) is 11.9 Å². The predicted octanol–water partition coefficient (Wildman–Crippen LogP) is 4.18. The zero-order valence-corrected chi connectivity index (χ0v) is 10.8. The van der Waals surface area contributed by atoms with Gasteiger partial charge in [-0.25, -0.2) is 4.39 Å². The zero-order chi connectivity index (χ0) is 12.1. The Labute approximate surface area is 102 Å². The van der Waals surface area contributed by atoms with Crippen LogP contribution in [0.5, 0.6) is 0 Å². The lowest BCUT2D eigenvalue weighted by Gasteiger charge is -2.21. The van der Waals surface area contributed by atoms with E-state index in [0.29, 0.717) is 16.5 Å². The van der Waals surface area contributed by atoms with E-state index in [1.807, 2.05) is 6.92 Å². The average Bonchev–Trinajstić information content (AvgIpc) is 2.20. The predicted molar refractivity (Wildman–Crippen MR) is 67.3 cm³/mol. The van der Waals surface area contributed by atoms with Gasteiger partial charge in [0.2, 0.25) is 0 Å². The number of hydrogen-bond donors (Lipinski definition) is 1. The standard InChI is InChI=1S/C13H19ClFN/c1-4-16-13(7-9(2)3)11-8-10(14)5-6-12(11)15/h5-6,8-9,13,16H,4,7H2,1-3H3. The molecule has 0 aliphatic carbocycles. The fourth-order valence-electron chi connectivity index (χ4n) is 1.82. The molecular weight excluding hydrogens is 225 g/mol. The van der Waals surface area contributed by atoms with Crippen LogP contribution < -0.4 is 5.32 Å². The molecule has 0 saturated heterocycles. The minimum atomic E-state index is -0.184. The maximum absolute atomic E-state index is 13.7. The van der Waals surface area contributed by atoms with Gasteiger partial charge in [0.1, 0.15) is 5.82 Å². The Hall–Kier alpha value is -0.600. The van der Waals surface area contributed by atoms with Crippen LogP contribution in [0.3, 0.4) is 0 Å². The van der Waals surface area contributed by atoms with Gasteiger partial charge in [0.05, 0.1) is 0 Å². The molecule has 1 rings (SSSR count). The van der Waals surface area contributed by atoms with Gasteiger partial charge in [0, 0.05) is 16.6 Å². The van der Waals surface area contributed by atoms with Crippen molar-refractivity contribution in [2.45, 2.75) is 33.2 Å². The molecule has 90 valence electrons. The fraction of sp³-hybridized carbons (Fsp3) is 0.538. The van der Waals surface area contributed by atoms with Crippen molar-refractivity contribution in [2.75, 3.05) is 6.54 Å². The van der Waals surface area contributed by atoms with Gasteiger partial charge in [-0.3, -0.25) is 0 Å². The summed E-state index contributed by atoms with van der Waals surface area (Å²) in [6, 6.07) is 4.77. The summed E-state index contributed by atoms with van der Waals surface area (Å²) >= 11 is 5.90. The lowest BCUT2D eigenvalue weighted by Crippen LogP contribution is -2.23. The van der Waals surface area contributed by atoms with Gasteiger partial charge >= 0.3 is 0 Å². The van der Waals surface area contributed by atoms with Gasteiger partial charge in [-0.2, -0.15) is 0 Å². The summed E-state index contributed by atoms with van der Waals surface area (Å²) in [6.45, 7) is 7.11. The largest absolute Gasteiger partial charge is 0.310 e. The van der Waals surface area contributed by atoms with Crippen molar-refractivity contribution in [3.05, 3.63) is 34.6 Å². The Morgan fingerprint density at radius 1 is 1.38 bits per heavy atom. The molecule has 1 aromatic carbocycles. The topological polar surface area (TPSA) is 12.0 Å². The number of hydrogen-bond acceptors (Lipinski definition) is 1. The van der Waals surface area contributed by atoms with Crippen LogP contribution in [0.25, 0.3) is 0 Å². The molecule has 0 fully saturated rings. The van der Waals surface area contributed by atoms with E-state index in [4.69, 9.17) is 11.6 Å². The molecule has 0 spiro atoms. The molecular formula is C13H19ClFN. The van der Waals surface area contributed by atoms with Gasteiger partial charge in [-0.15, -0.1) is 0 Å². The van der Waals surface area contributed by atoms with Crippen molar-refractivity contribution in [3.63, 3.8) is 0 Å². The monoisotopic (exact) mass is 243 g/mol. The van der Waals surface area contributed by atoms with Gasteiger partial charge < -0.3 is 5.32 Å². The lowest BCUT2D eigenvalue weighted by atomic mass is 9.96. The van der Waals surface area contributed by atoms with Crippen LogP contribution in [0.2, 0.25) is 5.02 Å². The molecule has 1 atom stereocenters. The van der Waals surface area contributed by atoms with E-state index in [1.54, 1.807) is 12.1 Å². The number of nitrogens with one attached hydrogen (secondary N) is 1. The second-order valence-corrected chi connectivity index (χ2v) is 4.84. The Morgan fingerprint density at radius 2 is 2.06 bits per heavy atom. The van der Waals surface area contributed by atoms with E-state index in [1.165, 1.54) is 6.07 Å². The van der Waals surface area contributed by atoms with Crippen LogP contribution in [0.15, 0.2) is 18.2 Å². The van der Waals surface area contributed by atoms with Gasteiger partial charge in [-0.05, 0) is 37.1 Å². The molecule has 1 unspecified atom stereocenters. The van der Waals surface area contributed by atoms with Crippen molar-refractivity contribution < 1.29 is 4.39 Å². The molecule has 1 nitrogen and oxygen atoms in total. The molecule has 0 bridgehead atoms. The minimum Gasteiger partial charge on any atom is -0.310 e. The zero-order valence-electron chi connectivity index (χ0n) is 10.1. The first kappa shape index (κ1) is 13.5. The van der Waals surface area contributed by atoms with Crippen molar-refractivity contribution in [3.8, 4) is 0 Å². The highest BCUT2D eigenvalue weighted by Crippen LogP contribution is 2.26. The molecule has 0 aliphatic heterocycles. The van der Waals surface area contributed by atoms with Crippen LogP contribution >= 0.6 is 11.6 Å². The molecule has 0 aliphatic rings. The van der Waals surface area contributed by atoms with Crippen molar-refractivity contribution >= 4 is 11.6 Å². The van der Waals surface area contributed by atoms with Crippen molar-refractivity contribution in [1.29, 1.82) is 0 Å². The highest BCUT2D eigenvalue weighted by molar-refractivity contribution is 6.30.